The Morgan fingerprint density at radius 3 is 2.72 bits per heavy atom. The first kappa shape index (κ1) is 23.4. The van der Waals surface area contributed by atoms with E-state index in [9.17, 15) is 0 Å². The summed E-state index contributed by atoms with van der Waals surface area (Å²) in [6.45, 7) is 8.51. The summed E-state index contributed by atoms with van der Waals surface area (Å²) in [4.78, 5) is 8.61. The Morgan fingerprint density at radius 1 is 1.21 bits per heavy atom. The van der Waals surface area contributed by atoms with E-state index in [0.717, 1.165) is 43.3 Å². The molecule has 1 aliphatic heterocycles. The Kier molecular flexibility index (Phi) is 8.70. The van der Waals surface area contributed by atoms with Crippen molar-refractivity contribution >= 4 is 29.9 Å². The highest BCUT2D eigenvalue weighted by Gasteiger charge is 2.29. The van der Waals surface area contributed by atoms with Crippen molar-refractivity contribution in [2.75, 3.05) is 20.2 Å². The molecule has 2 aromatic rings. The molecule has 3 rings (SSSR count). The van der Waals surface area contributed by atoms with Gasteiger partial charge in [0.15, 0.2) is 5.96 Å². The molecule has 29 heavy (non-hydrogen) atoms. The predicted molar refractivity (Wildman–Crippen MR) is 127 cm³/mol. The molecule has 0 radical (unpaired) electrons. The number of hydrogen-bond acceptors (Lipinski definition) is 4. The molecule has 1 saturated heterocycles. The maximum Gasteiger partial charge on any atom is 0.219 e. The van der Waals surface area contributed by atoms with Gasteiger partial charge >= 0.3 is 0 Å². The van der Waals surface area contributed by atoms with E-state index in [2.05, 4.69) is 47.4 Å². The second-order valence-electron chi connectivity index (χ2n) is 7.53. The standard InChI is InChI=1S/C22H30N4O2.HI/c1-16-6-7-19(12-17(16)2)28-20-13-18(8-10-24-20)14-25-21(23-4)26-15-22(3)9-5-11-27-22;/h6-8,10,12-13H,5,9,11,14-15H2,1-4H3,(H2,23,25,26);1H. The van der Waals surface area contributed by atoms with E-state index >= 15 is 0 Å². The quantitative estimate of drug-likeness (QED) is 0.344. The van der Waals surface area contributed by atoms with E-state index in [0.29, 0.717) is 12.4 Å². The zero-order chi connectivity index (χ0) is 20.0. The van der Waals surface area contributed by atoms with E-state index in [1.165, 1.54) is 11.1 Å². The van der Waals surface area contributed by atoms with E-state index < -0.39 is 0 Å². The maximum atomic E-state index is 5.91. The topological polar surface area (TPSA) is 67.8 Å². The highest BCUT2D eigenvalue weighted by molar-refractivity contribution is 14.0. The minimum atomic E-state index is -0.110. The molecule has 1 aromatic carbocycles. The fourth-order valence-corrected chi connectivity index (χ4v) is 3.17. The Labute approximate surface area is 190 Å². The summed E-state index contributed by atoms with van der Waals surface area (Å²) in [7, 11) is 1.77. The van der Waals surface area contributed by atoms with Crippen LogP contribution in [-0.2, 0) is 11.3 Å². The highest BCUT2D eigenvalue weighted by Crippen LogP contribution is 2.24. The van der Waals surface area contributed by atoms with Gasteiger partial charge in [-0.15, -0.1) is 24.0 Å². The van der Waals surface area contributed by atoms with Gasteiger partial charge in [-0.3, -0.25) is 4.99 Å². The van der Waals surface area contributed by atoms with E-state index in [-0.39, 0.29) is 29.6 Å². The van der Waals surface area contributed by atoms with Gasteiger partial charge in [0.05, 0.1) is 5.60 Å². The molecule has 6 nitrogen and oxygen atoms in total. The number of aromatic nitrogens is 1. The van der Waals surface area contributed by atoms with Crippen LogP contribution in [0.5, 0.6) is 11.6 Å². The molecule has 0 bridgehead atoms. The number of hydrogen-bond donors (Lipinski definition) is 2. The number of rotatable bonds is 6. The minimum absolute atomic E-state index is 0. The van der Waals surface area contributed by atoms with Crippen molar-refractivity contribution in [3.8, 4) is 11.6 Å². The Bertz CT molecular complexity index is 835. The van der Waals surface area contributed by atoms with Crippen molar-refractivity contribution < 1.29 is 9.47 Å². The van der Waals surface area contributed by atoms with Gasteiger partial charge in [0.25, 0.3) is 0 Å². The molecule has 0 amide bonds. The molecule has 1 aromatic heterocycles. The maximum absolute atomic E-state index is 5.91. The lowest BCUT2D eigenvalue weighted by atomic mass is 10.0. The number of aryl methyl sites for hydroxylation is 2. The van der Waals surface area contributed by atoms with Crippen LogP contribution in [0.25, 0.3) is 0 Å². The third-order valence-corrected chi connectivity index (χ3v) is 5.11. The van der Waals surface area contributed by atoms with Crippen molar-refractivity contribution in [3.63, 3.8) is 0 Å². The monoisotopic (exact) mass is 510 g/mol. The van der Waals surface area contributed by atoms with Crippen molar-refractivity contribution in [2.45, 2.75) is 45.8 Å². The van der Waals surface area contributed by atoms with Crippen molar-refractivity contribution in [1.29, 1.82) is 0 Å². The first-order chi connectivity index (χ1) is 13.5. The van der Waals surface area contributed by atoms with Gasteiger partial charge in [-0.1, -0.05) is 6.07 Å². The zero-order valence-electron chi connectivity index (χ0n) is 17.6. The number of ether oxygens (including phenoxy) is 2. The lowest BCUT2D eigenvalue weighted by molar-refractivity contribution is 0.0243. The fourth-order valence-electron chi connectivity index (χ4n) is 3.17. The first-order valence-electron chi connectivity index (χ1n) is 9.76. The summed E-state index contributed by atoms with van der Waals surface area (Å²) in [5.74, 6) is 2.13. The molecule has 0 spiro atoms. The van der Waals surface area contributed by atoms with Gasteiger partial charge in [0.2, 0.25) is 5.88 Å². The molecule has 7 heteroatoms. The van der Waals surface area contributed by atoms with E-state index in [1.54, 1.807) is 13.2 Å². The molecule has 1 fully saturated rings. The van der Waals surface area contributed by atoms with Crippen molar-refractivity contribution in [1.82, 2.24) is 15.6 Å². The molecular formula is C22H31IN4O2. The number of benzene rings is 1. The first-order valence-corrected chi connectivity index (χ1v) is 9.76. The average molecular weight is 510 g/mol. The predicted octanol–water partition coefficient (Wildman–Crippen LogP) is 4.34. The van der Waals surface area contributed by atoms with Crippen LogP contribution in [0.2, 0.25) is 0 Å². The van der Waals surface area contributed by atoms with Crippen LogP contribution in [0, 0.1) is 13.8 Å². The van der Waals surface area contributed by atoms with Gasteiger partial charge in [0, 0.05) is 39.0 Å². The lowest BCUT2D eigenvalue weighted by Gasteiger charge is -2.24. The van der Waals surface area contributed by atoms with Crippen molar-refractivity contribution in [3.05, 3.63) is 53.2 Å². The Morgan fingerprint density at radius 2 is 2.03 bits per heavy atom. The third-order valence-electron chi connectivity index (χ3n) is 5.11. The Hall–Kier alpha value is -1.87. The van der Waals surface area contributed by atoms with Crippen LogP contribution in [-0.4, -0.2) is 36.7 Å². The smallest absolute Gasteiger partial charge is 0.219 e. The SMILES string of the molecule is CN=C(NCc1ccnc(Oc2ccc(C)c(C)c2)c1)NCC1(C)CCCO1.I. The molecule has 2 N–H and O–H groups in total. The van der Waals surface area contributed by atoms with Crippen LogP contribution in [0.4, 0.5) is 0 Å². The molecule has 158 valence electrons. The summed E-state index contributed by atoms with van der Waals surface area (Å²) < 4.78 is 11.7. The fraction of sp³-hybridized carbons (Fsp3) is 0.455. The van der Waals surface area contributed by atoms with Gasteiger partial charge in [-0.25, -0.2) is 4.98 Å². The van der Waals surface area contributed by atoms with Crippen molar-refractivity contribution in [2.24, 2.45) is 4.99 Å². The zero-order valence-corrected chi connectivity index (χ0v) is 19.9. The summed E-state index contributed by atoms with van der Waals surface area (Å²) in [5.41, 5.74) is 3.40. The van der Waals surface area contributed by atoms with E-state index in [1.807, 2.05) is 24.3 Å². The number of pyridine rings is 1. The molecule has 1 aliphatic rings. The molecule has 0 saturated carbocycles. The van der Waals surface area contributed by atoms with Gasteiger partial charge in [-0.2, -0.15) is 0 Å². The summed E-state index contributed by atoms with van der Waals surface area (Å²) >= 11 is 0. The Balaban J connectivity index is 0.00000300. The molecule has 1 atom stereocenters. The second-order valence-corrected chi connectivity index (χ2v) is 7.53. The second kappa shape index (κ2) is 10.8. The summed E-state index contributed by atoms with van der Waals surface area (Å²) in [6.07, 6.45) is 3.95. The van der Waals surface area contributed by atoms with Gasteiger partial charge in [-0.05, 0) is 68.5 Å². The molecule has 1 unspecified atom stereocenters. The van der Waals surface area contributed by atoms with Gasteiger partial charge in [0.1, 0.15) is 5.75 Å². The van der Waals surface area contributed by atoms with Gasteiger partial charge < -0.3 is 20.1 Å². The normalized spacial score (nSPS) is 18.8. The van der Waals surface area contributed by atoms with Crippen LogP contribution < -0.4 is 15.4 Å². The summed E-state index contributed by atoms with van der Waals surface area (Å²) in [5, 5.41) is 6.69. The lowest BCUT2D eigenvalue weighted by Crippen LogP contribution is -2.45. The van der Waals surface area contributed by atoms with Crippen LogP contribution in [0.3, 0.4) is 0 Å². The molecule has 2 heterocycles. The van der Waals surface area contributed by atoms with Crippen LogP contribution in [0.15, 0.2) is 41.5 Å². The van der Waals surface area contributed by atoms with Crippen LogP contribution in [0.1, 0.15) is 36.5 Å². The molecular weight excluding hydrogens is 479 g/mol. The third kappa shape index (κ3) is 6.85. The van der Waals surface area contributed by atoms with E-state index in [4.69, 9.17) is 9.47 Å². The number of aliphatic imine (C=N–C) groups is 1. The number of nitrogens with zero attached hydrogens (tertiary/aromatic N) is 2. The minimum Gasteiger partial charge on any atom is -0.439 e. The molecule has 0 aliphatic carbocycles. The summed E-state index contributed by atoms with van der Waals surface area (Å²) in [6, 6.07) is 9.96. The highest BCUT2D eigenvalue weighted by atomic mass is 127. The average Bonchev–Trinajstić information content (AvgIpc) is 3.12. The number of nitrogens with one attached hydrogen (secondary N) is 2. The van der Waals surface area contributed by atoms with Crippen LogP contribution >= 0.6 is 24.0 Å². The number of halogens is 1. The number of guanidine groups is 1. The largest absolute Gasteiger partial charge is 0.439 e.